The number of hydrogen-bond donors (Lipinski definition) is 2. The number of benzene rings is 1. The van der Waals surface area contributed by atoms with E-state index in [4.69, 9.17) is 5.73 Å². The van der Waals surface area contributed by atoms with Crippen molar-refractivity contribution in [1.29, 1.82) is 0 Å². The fraction of sp³-hybridized carbons (Fsp3) is 0.429. The zero-order chi connectivity index (χ0) is 12.3. The van der Waals surface area contributed by atoms with E-state index in [1.54, 1.807) is 0 Å². The van der Waals surface area contributed by atoms with Gasteiger partial charge in [-0.3, -0.25) is 0 Å². The smallest absolute Gasteiger partial charge is 0.0574 e. The van der Waals surface area contributed by atoms with Crippen molar-refractivity contribution in [2.45, 2.75) is 25.5 Å². The second kappa shape index (κ2) is 5.34. The molecule has 0 saturated carbocycles. The maximum Gasteiger partial charge on any atom is 0.0574 e. The highest BCUT2D eigenvalue weighted by Gasteiger charge is 2.18. The Morgan fingerprint density at radius 1 is 1.41 bits per heavy atom. The monoisotopic (exact) mass is 232 g/mol. The second-order valence-electron chi connectivity index (χ2n) is 4.57. The van der Waals surface area contributed by atoms with Crippen molar-refractivity contribution in [2.75, 3.05) is 13.1 Å². The third-order valence-corrected chi connectivity index (χ3v) is 3.34. The number of aliphatic hydroxyl groups is 1. The maximum atomic E-state index is 9.49. The molecule has 0 aliphatic carbocycles. The van der Waals surface area contributed by atoms with Crippen molar-refractivity contribution in [1.82, 2.24) is 4.90 Å². The predicted molar refractivity (Wildman–Crippen MR) is 70.2 cm³/mol. The Bertz CT molecular complexity index is 395. The average molecular weight is 232 g/mol. The Balaban J connectivity index is 2.08. The van der Waals surface area contributed by atoms with Crippen LogP contribution in [0.4, 0.5) is 0 Å². The number of nitrogens with zero attached hydrogens (tertiary/aromatic N) is 1. The Morgan fingerprint density at radius 2 is 2.12 bits per heavy atom. The van der Waals surface area contributed by atoms with E-state index in [-0.39, 0.29) is 6.10 Å². The van der Waals surface area contributed by atoms with Crippen molar-refractivity contribution in [2.24, 2.45) is 5.73 Å². The highest BCUT2D eigenvalue weighted by molar-refractivity contribution is 5.62. The lowest BCUT2D eigenvalue weighted by Crippen LogP contribution is -2.34. The van der Waals surface area contributed by atoms with Crippen molar-refractivity contribution in [3.8, 4) is 0 Å². The van der Waals surface area contributed by atoms with Crippen LogP contribution in [-0.4, -0.2) is 29.2 Å². The van der Waals surface area contributed by atoms with E-state index >= 15 is 0 Å². The zero-order valence-electron chi connectivity index (χ0n) is 10.1. The number of aliphatic hydroxyl groups excluding tert-OH is 1. The van der Waals surface area contributed by atoms with Crippen molar-refractivity contribution >= 4 is 5.70 Å². The SMILES string of the molecule is C=C(c1cccc(CN)c1)N1CCC(O)CC1. The Labute approximate surface area is 103 Å². The molecular weight excluding hydrogens is 212 g/mol. The molecule has 0 atom stereocenters. The molecule has 0 amide bonds. The fourth-order valence-corrected chi connectivity index (χ4v) is 2.20. The molecule has 0 radical (unpaired) electrons. The average Bonchev–Trinajstić information content (AvgIpc) is 2.39. The highest BCUT2D eigenvalue weighted by atomic mass is 16.3. The first-order valence-electron chi connectivity index (χ1n) is 6.12. The van der Waals surface area contributed by atoms with Crippen LogP contribution in [0.1, 0.15) is 24.0 Å². The topological polar surface area (TPSA) is 49.5 Å². The molecule has 17 heavy (non-hydrogen) atoms. The molecule has 1 aliphatic rings. The minimum absolute atomic E-state index is 0.144. The minimum Gasteiger partial charge on any atom is -0.393 e. The summed E-state index contributed by atoms with van der Waals surface area (Å²) in [6.45, 7) is 6.47. The summed E-state index contributed by atoms with van der Waals surface area (Å²) in [7, 11) is 0. The molecule has 1 aliphatic heterocycles. The van der Waals surface area contributed by atoms with Gasteiger partial charge in [-0.15, -0.1) is 0 Å². The van der Waals surface area contributed by atoms with Crippen LogP contribution in [-0.2, 0) is 6.54 Å². The first kappa shape index (κ1) is 12.1. The van der Waals surface area contributed by atoms with Crippen LogP contribution in [0, 0.1) is 0 Å². The van der Waals surface area contributed by atoms with Gasteiger partial charge in [0.25, 0.3) is 0 Å². The molecule has 0 aromatic heterocycles. The maximum absolute atomic E-state index is 9.49. The molecule has 1 saturated heterocycles. The van der Waals surface area contributed by atoms with Crippen LogP contribution < -0.4 is 5.73 Å². The molecular formula is C14H20N2O. The lowest BCUT2D eigenvalue weighted by molar-refractivity contribution is 0.106. The summed E-state index contributed by atoms with van der Waals surface area (Å²) in [4.78, 5) is 2.24. The van der Waals surface area contributed by atoms with Gasteiger partial charge in [0.05, 0.1) is 6.10 Å². The van der Waals surface area contributed by atoms with Gasteiger partial charge in [-0.1, -0.05) is 24.8 Å². The summed E-state index contributed by atoms with van der Waals surface area (Å²) in [5.74, 6) is 0. The van der Waals surface area contributed by atoms with E-state index in [0.717, 1.165) is 42.8 Å². The second-order valence-corrected chi connectivity index (χ2v) is 4.57. The quantitative estimate of drug-likeness (QED) is 0.831. The molecule has 1 fully saturated rings. The van der Waals surface area contributed by atoms with E-state index in [1.165, 1.54) is 0 Å². The molecule has 1 heterocycles. The molecule has 0 spiro atoms. The van der Waals surface area contributed by atoms with E-state index in [2.05, 4.69) is 23.6 Å². The Kier molecular flexibility index (Phi) is 3.82. The third kappa shape index (κ3) is 2.87. The van der Waals surface area contributed by atoms with E-state index in [9.17, 15) is 5.11 Å². The van der Waals surface area contributed by atoms with Crippen molar-refractivity contribution in [3.63, 3.8) is 0 Å². The van der Waals surface area contributed by atoms with Crippen LogP contribution in [0.2, 0.25) is 0 Å². The molecule has 3 N–H and O–H groups in total. The van der Waals surface area contributed by atoms with E-state index in [0.29, 0.717) is 6.54 Å². The third-order valence-electron chi connectivity index (χ3n) is 3.34. The first-order valence-corrected chi connectivity index (χ1v) is 6.12. The minimum atomic E-state index is -0.144. The van der Waals surface area contributed by atoms with Gasteiger partial charge in [0.15, 0.2) is 0 Å². The van der Waals surface area contributed by atoms with Crippen LogP contribution >= 0.6 is 0 Å². The van der Waals surface area contributed by atoms with Crippen LogP contribution in [0.5, 0.6) is 0 Å². The summed E-state index contributed by atoms with van der Waals surface area (Å²) in [6, 6.07) is 8.19. The van der Waals surface area contributed by atoms with Crippen molar-refractivity contribution in [3.05, 3.63) is 42.0 Å². The zero-order valence-corrected chi connectivity index (χ0v) is 10.1. The normalized spacial score (nSPS) is 17.2. The lowest BCUT2D eigenvalue weighted by atomic mass is 10.0. The molecule has 1 aromatic carbocycles. The summed E-state index contributed by atoms with van der Waals surface area (Å²) in [5.41, 5.74) is 8.93. The highest BCUT2D eigenvalue weighted by Crippen LogP contribution is 2.22. The van der Waals surface area contributed by atoms with Crippen LogP contribution in [0.25, 0.3) is 5.70 Å². The summed E-state index contributed by atoms with van der Waals surface area (Å²) in [6.07, 6.45) is 1.51. The lowest BCUT2D eigenvalue weighted by Gasteiger charge is -2.33. The van der Waals surface area contributed by atoms with Crippen molar-refractivity contribution < 1.29 is 5.11 Å². The summed E-state index contributed by atoms with van der Waals surface area (Å²) >= 11 is 0. The van der Waals surface area contributed by atoms with Gasteiger partial charge in [0, 0.05) is 25.3 Å². The molecule has 3 nitrogen and oxygen atoms in total. The Morgan fingerprint density at radius 3 is 2.76 bits per heavy atom. The predicted octanol–water partition coefficient (Wildman–Crippen LogP) is 1.57. The van der Waals surface area contributed by atoms with E-state index < -0.39 is 0 Å². The standard InChI is InChI=1S/C14H20N2O/c1-11(16-7-5-14(17)6-8-16)13-4-2-3-12(9-13)10-15/h2-4,9,14,17H,1,5-8,10,15H2. The van der Waals surface area contributed by atoms with Gasteiger partial charge in [0.2, 0.25) is 0 Å². The number of hydrogen-bond acceptors (Lipinski definition) is 3. The molecule has 3 heteroatoms. The van der Waals surface area contributed by atoms with Crippen LogP contribution in [0.3, 0.4) is 0 Å². The van der Waals surface area contributed by atoms with Gasteiger partial charge >= 0.3 is 0 Å². The Hall–Kier alpha value is -1.32. The number of piperidine rings is 1. The molecule has 1 aromatic rings. The van der Waals surface area contributed by atoms with Gasteiger partial charge in [-0.05, 0) is 30.0 Å². The van der Waals surface area contributed by atoms with Gasteiger partial charge in [-0.25, -0.2) is 0 Å². The van der Waals surface area contributed by atoms with Gasteiger partial charge in [-0.2, -0.15) is 0 Å². The number of nitrogens with two attached hydrogens (primary N) is 1. The number of likely N-dealkylation sites (tertiary alicyclic amines) is 1. The van der Waals surface area contributed by atoms with Crippen LogP contribution in [0.15, 0.2) is 30.8 Å². The van der Waals surface area contributed by atoms with E-state index in [1.807, 2.05) is 12.1 Å². The van der Waals surface area contributed by atoms with Gasteiger partial charge in [0.1, 0.15) is 0 Å². The van der Waals surface area contributed by atoms with Gasteiger partial charge < -0.3 is 15.7 Å². The first-order chi connectivity index (χ1) is 8.20. The fourth-order valence-electron chi connectivity index (χ4n) is 2.20. The molecule has 0 unspecified atom stereocenters. The molecule has 2 rings (SSSR count). The molecule has 0 bridgehead atoms. The largest absolute Gasteiger partial charge is 0.393 e. The summed E-state index contributed by atoms with van der Waals surface area (Å²) in [5, 5.41) is 9.49. The molecule has 92 valence electrons. The summed E-state index contributed by atoms with van der Waals surface area (Å²) < 4.78 is 0. The number of rotatable bonds is 3.